The topological polar surface area (TPSA) is 66.8 Å². The highest BCUT2D eigenvalue weighted by Gasteiger charge is 2.38. The van der Waals surface area contributed by atoms with Crippen molar-refractivity contribution in [2.24, 2.45) is 0 Å². The molecule has 1 aromatic carbocycles. The molecule has 5 nitrogen and oxygen atoms in total. The van der Waals surface area contributed by atoms with Gasteiger partial charge in [-0.05, 0) is 32.8 Å². The van der Waals surface area contributed by atoms with Gasteiger partial charge in [0.15, 0.2) is 0 Å². The van der Waals surface area contributed by atoms with Crippen LogP contribution in [0, 0.1) is 6.92 Å². The summed E-state index contributed by atoms with van der Waals surface area (Å²) in [5.41, 5.74) is 1.84. The number of carboxylic acid groups (broad SMARTS) is 1. The summed E-state index contributed by atoms with van der Waals surface area (Å²) in [6.45, 7) is 3.51. The van der Waals surface area contributed by atoms with E-state index in [2.05, 4.69) is 0 Å². The molecule has 1 atom stereocenters. The summed E-state index contributed by atoms with van der Waals surface area (Å²) < 4.78 is 5.28. The Labute approximate surface area is 124 Å². The number of aryl methyl sites for hydroxylation is 1. The number of carboxylic acids is 1. The van der Waals surface area contributed by atoms with Gasteiger partial charge in [0.2, 0.25) is 5.91 Å². The van der Waals surface area contributed by atoms with E-state index in [0.717, 1.165) is 24.0 Å². The Bertz CT molecular complexity index is 551. The Morgan fingerprint density at radius 1 is 1.43 bits per heavy atom. The molecular weight excluding hydrogens is 270 g/mol. The summed E-state index contributed by atoms with van der Waals surface area (Å²) in [6, 6.07) is 4.94. The lowest BCUT2D eigenvalue weighted by Crippen LogP contribution is -2.45. The van der Waals surface area contributed by atoms with E-state index in [1.807, 2.05) is 25.1 Å². The molecule has 0 bridgehead atoms. The second-order valence-corrected chi connectivity index (χ2v) is 5.54. The van der Waals surface area contributed by atoms with Crippen molar-refractivity contribution in [3.63, 3.8) is 0 Å². The number of carbonyl (C=O) groups is 2. The maximum Gasteiger partial charge on any atom is 0.326 e. The smallest absolute Gasteiger partial charge is 0.326 e. The van der Waals surface area contributed by atoms with Crippen LogP contribution >= 0.6 is 0 Å². The van der Waals surface area contributed by atoms with E-state index < -0.39 is 12.0 Å². The zero-order chi connectivity index (χ0) is 15.6. The molecule has 1 fully saturated rings. The third kappa shape index (κ3) is 3.54. The molecule has 1 aliphatic carbocycles. The summed E-state index contributed by atoms with van der Waals surface area (Å²) in [4.78, 5) is 25.2. The van der Waals surface area contributed by atoms with Gasteiger partial charge in [0.1, 0.15) is 11.8 Å². The molecule has 1 N–H and O–H groups in total. The Hall–Kier alpha value is -2.04. The second kappa shape index (κ2) is 6.16. The van der Waals surface area contributed by atoms with Gasteiger partial charge in [-0.3, -0.25) is 4.79 Å². The number of nitrogens with zero attached hydrogens (tertiary/aromatic N) is 1. The van der Waals surface area contributed by atoms with Crippen molar-refractivity contribution >= 4 is 11.9 Å². The van der Waals surface area contributed by atoms with Crippen molar-refractivity contribution in [2.45, 2.75) is 45.2 Å². The molecule has 1 amide bonds. The first-order valence-corrected chi connectivity index (χ1v) is 7.11. The van der Waals surface area contributed by atoms with Gasteiger partial charge in [-0.15, -0.1) is 0 Å². The van der Waals surface area contributed by atoms with Crippen LogP contribution in [-0.2, 0) is 16.0 Å². The van der Waals surface area contributed by atoms with Gasteiger partial charge in [-0.1, -0.05) is 17.7 Å². The predicted octanol–water partition coefficient (Wildman–Crippen LogP) is 2.01. The van der Waals surface area contributed by atoms with Crippen LogP contribution in [0.15, 0.2) is 18.2 Å². The quantitative estimate of drug-likeness (QED) is 0.870. The minimum atomic E-state index is -0.966. The van der Waals surface area contributed by atoms with E-state index in [0.29, 0.717) is 5.75 Å². The van der Waals surface area contributed by atoms with Gasteiger partial charge in [-0.2, -0.15) is 0 Å². The molecule has 0 radical (unpaired) electrons. The van der Waals surface area contributed by atoms with E-state index in [1.165, 1.54) is 4.90 Å². The highest BCUT2D eigenvalue weighted by Crippen LogP contribution is 2.30. The first-order valence-electron chi connectivity index (χ1n) is 7.11. The van der Waals surface area contributed by atoms with Crippen LogP contribution in [0.2, 0.25) is 0 Å². The summed E-state index contributed by atoms with van der Waals surface area (Å²) in [6.07, 6.45) is 1.93. The highest BCUT2D eigenvalue weighted by atomic mass is 16.5. The maximum atomic E-state index is 12.5. The number of aliphatic carboxylic acids is 1. The fraction of sp³-hybridized carbons (Fsp3) is 0.500. The third-order valence-electron chi connectivity index (χ3n) is 3.78. The van der Waals surface area contributed by atoms with Crippen molar-refractivity contribution in [1.82, 2.24) is 4.90 Å². The summed E-state index contributed by atoms with van der Waals surface area (Å²) in [5.74, 6) is -0.463. The van der Waals surface area contributed by atoms with E-state index in [9.17, 15) is 14.7 Å². The predicted molar refractivity (Wildman–Crippen MR) is 78.4 cm³/mol. The molecule has 1 saturated carbocycles. The summed E-state index contributed by atoms with van der Waals surface area (Å²) >= 11 is 0. The first kappa shape index (κ1) is 15.4. The number of ether oxygens (including phenoxy) is 1. The van der Waals surface area contributed by atoms with Gasteiger partial charge >= 0.3 is 5.97 Å². The molecule has 0 saturated heterocycles. The molecule has 1 unspecified atom stereocenters. The molecule has 1 aromatic rings. The average Bonchev–Trinajstić information content (AvgIpc) is 3.23. The normalized spacial score (nSPS) is 15.4. The summed E-state index contributed by atoms with van der Waals surface area (Å²) in [5, 5.41) is 9.17. The Kier molecular flexibility index (Phi) is 4.50. The zero-order valence-corrected chi connectivity index (χ0v) is 12.6. The van der Waals surface area contributed by atoms with E-state index in [-0.39, 0.29) is 18.4 Å². The van der Waals surface area contributed by atoms with Crippen LogP contribution in [-0.4, -0.2) is 41.1 Å². The van der Waals surface area contributed by atoms with Crippen molar-refractivity contribution in [3.05, 3.63) is 29.3 Å². The zero-order valence-electron chi connectivity index (χ0n) is 12.6. The number of hydrogen-bond donors (Lipinski definition) is 1. The minimum Gasteiger partial charge on any atom is -0.496 e. The van der Waals surface area contributed by atoms with Crippen LogP contribution < -0.4 is 4.74 Å². The van der Waals surface area contributed by atoms with E-state index >= 15 is 0 Å². The van der Waals surface area contributed by atoms with Gasteiger partial charge < -0.3 is 14.7 Å². The van der Waals surface area contributed by atoms with Crippen LogP contribution in [0.1, 0.15) is 30.9 Å². The Morgan fingerprint density at radius 2 is 2.10 bits per heavy atom. The second-order valence-electron chi connectivity index (χ2n) is 5.54. The molecule has 0 aromatic heterocycles. The lowest BCUT2D eigenvalue weighted by atomic mass is 10.1. The molecule has 2 rings (SSSR count). The number of methoxy groups -OCH3 is 1. The van der Waals surface area contributed by atoms with E-state index in [4.69, 9.17) is 4.74 Å². The van der Waals surface area contributed by atoms with Gasteiger partial charge in [0, 0.05) is 11.6 Å². The SMILES string of the molecule is COc1ccc(C)cc1CC(=O)N(C1CC1)C(C)C(=O)O. The fourth-order valence-electron chi connectivity index (χ4n) is 2.51. The van der Waals surface area contributed by atoms with Gasteiger partial charge in [-0.25, -0.2) is 4.79 Å². The molecular formula is C16H21NO4. The van der Waals surface area contributed by atoms with Crippen molar-refractivity contribution < 1.29 is 19.4 Å². The fourth-order valence-corrected chi connectivity index (χ4v) is 2.51. The van der Waals surface area contributed by atoms with Crippen molar-refractivity contribution in [3.8, 4) is 5.75 Å². The number of rotatable bonds is 6. The lowest BCUT2D eigenvalue weighted by Gasteiger charge is -2.26. The Balaban J connectivity index is 2.19. The van der Waals surface area contributed by atoms with Crippen molar-refractivity contribution in [2.75, 3.05) is 7.11 Å². The number of benzene rings is 1. The standard InChI is InChI=1S/C16H21NO4/c1-10-4-7-14(21-3)12(8-10)9-15(18)17(13-5-6-13)11(2)16(19)20/h4,7-8,11,13H,5-6,9H2,1-3H3,(H,19,20). The number of hydrogen-bond acceptors (Lipinski definition) is 3. The van der Waals surface area contributed by atoms with Crippen LogP contribution in [0.5, 0.6) is 5.75 Å². The van der Waals surface area contributed by atoms with Gasteiger partial charge in [0.25, 0.3) is 0 Å². The van der Waals surface area contributed by atoms with Crippen LogP contribution in [0.25, 0.3) is 0 Å². The molecule has 0 spiro atoms. The molecule has 114 valence electrons. The Morgan fingerprint density at radius 3 is 2.62 bits per heavy atom. The maximum absolute atomic E-state index is 12.5. The molecule has 5 heteroatoms. The average molecular weight is 291 g/mol. The summed E-state index contributed by atoms with van der Waals surface area (Å²) in [7, 11) is 1.57. The molecule has 21 heavy (non-hydrogen) atoms. The lowest BCUT2D eigenvalue weighted by molar-refractivity contribution is -0.149. The number of carbonyl (C=O) groups excluding carboxylic acids is 1. The monoisotopic (exact) mass is 291 g/mol. The minimum absolute atomic E-state index is 0.0689. The molecule has 0 aliphatic heterocycles. The van der Waals surface area contributed by atoms with Crippen LogP contribution in [0.3, 0.4) is 0 Å². The van der Waals surface area contributed by atoms with Crippen LogP contribution in [0.4, 0.5) is 0 Å². The molecule has 0 heterocycles. The third-order valence-corrected chi connectivity index (χ3v) is 3.78. The number of amides is 1. The first-order chi connectivity index (χ1) is 9.93. The van der Waals surface area contributed by atoms with Gasteiger partial charge in [0.05, 0.1) is 13.5 Å². The molecule has 1 aliphatic rings. The van der Waals surface area contributed by atoms with E-state index in [1.54, 1.807) is 14.0 Å². The highest BCUT2D eigenvalue weighted by molar-refractivity contribution is 5.85. The largest absolute Gasteiger partial charge is 0.496 e. The van der Waals surface area contributed by atoms with Crippen molar-refractivity contribution in [1.29, 1.82) is 0 Å².